The number of unbranched alkanes of at least 4 members (excludes halogenated alkanes) is 14. The van der Waals surface area contributed by atoms with Gasteiger partial charge in [0.25, 0.3) is 0 Å². The molecule has 0 aromatic carbocycles. The van der Waals surface area contributed by atoms with E-state index in [0.29, 0.717) is 12.8 Å². The highest BCUT2D eigenvalue weighted by Gasteiger charge is 2.18. The quantitative estimate of drug-likeness (QED) is 0.0298. The highest BCUT2D eigenvalue weighted by atomic mass is 16.5. The summed E-state index contributed by atoms with van der Waals surface area (Å²) in [5.74, 6) is -2.44. The number of esters is 1. The van der Waals surface area contributed by atoms with Gasteiger partial charge in [0.05, 0.1) is 13.2 Å². The third-order valence-electron chi connectivity index (χ3n) is 8.28. The zero-order valence-corrected chi connectivity index (χ0v) is 31.4. The fourth-order valence-electron chi connectivity index (χ4n) is 5.21. The number of aliphatic carboxylic acids is 1. The van der Waals surface area contributed by atoms with Crippen molar-refractivity contribution in [2.45, 2.75) is 174 Å². The summed E-state index contributed by atoms with van der Waals surface area (Å²) in [5, 5.41) is 22.5. The van der Waals surface area contributed by atoms with Crippen LogP contribution in [0.4, 0.5) is 0 Å². The molecule has 0 aromatic rings. The van der Waals surface area contributed by atoms with Crippen molar-refractivity contribution in [3.63, 3.8) is 0 Å². The van der Waals surface area contributed by atoms with E-state index in [1.807, 2.05) is 6.08 Å². The summed E-state index contributed by atoms with van der Waals surface area (Å²) in [5.41, 5.74) is 0. The van der Waals surface area contributed by atoms with Crippen LogP contribution in [0.3, 0.4) is 0 Å². The summed E-state index contributed by atoms with van der Waals surface area (Å²) in [6.45, 7) is 3.36. The van der Waals surface area contributed by atoms with Gasteiger partial charge in [-0.3, -0.25) is 14.4 Å². The van der Waals surface area contributed by atoms with Gasteiger partial charge in [0, 0.05) is 12.8 Å². The largest absolute Gasteiger partial charge is 0.480 e. The van der Waals surface area contributed by atoms with Crippen molar-refractivity contribution in [1.29, 1.82) is 0 Å². The Bertz CT molecular complexity index is 989. The number of carbonyl (C=O) groups is 4. The van der Waals surface area contributed by atoms with Crippen molar-refractivity contribution in [3.05, 3.63) is 48.6 Å². The smallest absolute Gasteiger partial charge is 0.328 e. The lowest BCUT2D eigenvalue weighted by atomic mass is 10.1. The SMILES string of the molecule is CCCC/C=C\C/C=C\CCCCCCCC(=O)OC(/C=C\C/C=C\CCCCCC)CCCCCCC(=O)NCC(=O)NC(CO)C(=O)O. The van der Waals surface area contributed by atoms with Gasteiger partial charge in [0.15, 0.2) is 0 Å². The molecule has 9 heteroatoms. The summed E-state index contributed by atoms with van der Waals surface area (Å²) in [7, 11) is 0. The predicted octanol–water partition coefficient (Wildman–Crippen LogP) is 8.81. The lowest BCUT2D eigenvalue weighted by Crippen LogP contribution is -2.47. The normalized spacial score (nSPS) is 13.0. The second-order valence-corrected chi connectivity index (χ2v) is 13.0. The van der Waals surface area contributed by atoms with E-state index < -0.39 is 24.5 Å². The first kappa shape index (κ1) is 46.8. The van der Waals surface area contributed by atoms with E-state index >= 15 is 0 Å². The molecule has 0 spiro atoms. The summed E-state index contributed by atoms with van der Waals surface area (Å²) in [6.07, 6.45) is 40.1. The third-order valence-corrected chi connectivity index (χ3v) is 8.28. The monoisotopic (exact) mass is 703 g/mol. The molecule has 50 heavy (non-hydrogen) atoms. The van der Waals surface area contributed by atoms with E-state index in [4.69, 9.17) is 14.9 Å². The minimum atomic E-state index is -1.39. The molecule has 0 bridgehead atoms. The number of carboxylic acid groups (broad SMARTS) is 1. The molecule has 0 saturated carbocycles. The lowest BCUT2D eigenvalue weighted by Gasteiger charge is -2.15. The third kappa shape index (κ3) is 32.0. The van der Waals surface area contributed by atoms with Gasteiger partial charge in [-0.1, -0.05) is 121 Å². The number of carboxylic acids is 1. The molecule has 0 aliphatic carbocycles. The van der Waals surface area contributed by atoms with Gasteiger partial charge >= 0.3 is 11.9 Å². The maximum absolute atomic E-state index is 12.7. The van der Waals surface area contributed by atoms with Crippen molar-refractivity contribution in [2.24, 2.45) is 0 Å². The van der Waals surface area contributed by atoms with Crippen LogP contribution in [0.5, 0.6) is 0 Å². The van der Waals surface area contributed by atoms with E-state index in [0.717, 1.165) is 70.6 Å². The summed E-state index contributed by atoms with van der Waals surface area (Å²) < 4.78 is 5.87. The van der Waals surface area contributed by atoms with E-state index in [1.54, 1.807) is 0 Å². The van der Waals surface area contributed by atoms with E-state index in [2.05, 4.69) is 67.0 Å². The Morgan fingerprint density at radius 1 is 0.620 bits per heavy atom. The van der Waals surface area contributed by atoms with Crippen LogP contribution in [0.1, 0.15) is 162 Å². The van der Waals surface area contributed by atoms with Crippen molar-refractivity contribution in [2.75, 3.05) is 13.2 Å². The Hall–Kier alpha value is -3.20. The first-order valence-electron chi connectivity index (χ1n) is 19.5. The molecular weight excluding hydrogens is 632 g/mol. The van der Waals surface area contributed by atoms with Gasteiger partial charge in [-0.25, -0.2) is 4.79 Å². The first-order valence-corrected chi connectivity index (χ1v) is 19.5. The number of hydrogen-bond donors (Lipinski definition) is 4. The Balaban J connectivity index is 4.41. The van der Waals surface area contributed by atoms with Crippen molar-refractivity contribution >= 4 is 23.8 Å². The molecule has 0 heterocycles. The number of aliphatic hydroxyl groups is 1. The van der Waals surface area contributed by atoms with Crippen LogP contribution in [0.25, 0.3) is 0 Å². The highest BCUT2D eigenvalue weighted by Crippen LogP contribution is 2.14. The van der Waals surface area contributed by atoms with Crippen LogP contribution in [0, 0.1) is 0 Å². The van der Waals surface area contributed by atoms with Crippen molar-refractivity contribution in [3.8, 4) is 0 Å². The molecule has 286 valence electrons. The molecule has 0 aliphatic rings. The lowest BCUT2D eigenvalue weighted by molar-refractivity contribution is -0.147. The molecule has 4 N–H and O–H groups in total. The molecule has 2 unspecified atom stereocenters. The van der Waals surface area contributed by atoms with Crippen LogP contribution in [-0.4, -0.2) is 59.3 Å². The summed E-state index contributed by atoms with van der Waals surface area (Å²) in [4.78, 5) is 47.4. The maximum atomic E-state index is 12.7. The van der Waals surface area contributed by atoms with E-state index in [-0.39, 0.29) is 30.9 Å². The number of amides is 2. The minimum absolute atomic E-state index is 0.143. The molecule has 0 fully saturated rings. The standard InChI is InChI=1S/C41H70N2O7/c1-3-5-7-9-11-13-14-15-16-17-19-21-23-29-33-40(47)50-36(30-26-22-20-18-12-10-8-6-4-2)31-27-24-25-28-32-38(45)42-34-39(46)43-37(35-44)41(48)49/h9,11,14-15,18,20,26,30,36-37,44H,3-8,10,12-13,16-17,19,21-25,27-29,31-35H2,1-2H3,(H,42,45)(H,43,46)(H,48,49)/b11-9-,15-14-,20-18-,30-26-. The molecule has 0 radical (unpaired) electrons. The average molecular weight is 703 g/mol. The van der Waals surface area contributed by atoms with Crippen LogP contribution < -0.4 is 10.6 Å². The van der Waals surface area contributed by atoms with Gasteiger partial charge < -0.3 is 25.6 Å². The van der Waals surface area contributed by atoms with Crippen LogP contribution >= 0.6 is 0 Å². The summed E-state index contributed by atoms with van der Waals surface area (Å²) in [6, 6.07) is -1.39. The molecule has 0 aliphatic heterocycles. The number of carbonyl (C=O) groups excluding carboxylic acids is 3. The second kappa shape index (κ2) is 35.6. The zero-order chi connectivity index (χ0) is 36.9. The second-order valence-electron chi connectivity index (χ2n) is 13.0. The van der Waals surface area contributed by atoms with Gasteiger partial charge in [0.2, 0.25) is 11.8 Å². The van der Waals surface area contributed by atoms with Crippen molar-refractivity contribution in [1.82, 2.24) is 10.6 Å². The fraction of sp³-hybridized carbons (Fsp3) is 0.707. The summed E-state index contributed by atoms with van der Waals surface area (Å²) >= 11 is 0. The van der Waals surface area contributed by atoms with Crippen molar-refractivity contribution < 1.29 is 34.1 Å². The highest BCUT2D eigenvalue weighted by molar-refractivity contribution is 5.87. The number of nitrogens with one attached hydrogen (secondary N) is 2. The molecule has 0 aromatic heterocycles. The minimum Gasteiger partial charge on any atom is -0.480 e. The van der Waals surface area contributed by atoms with Crippen LogP contribution in [0.15, 0.2) is 48.6 Å². The van der Waals surface area contributed by atoms with Crippen LogP contribution in [0.2, 0.25) is 0 Å². The van der Waals surface area contributed by atoms with E-state index in [9.17, 15) is 19.2 Å². The maximum Gasteiger partial charge on any atom is 0.328 e. The van der Waals surface area contributed by atoms with Gasteiger partial charge in [-0.05, 0) is 76.7 Å². The Morgan fingerprint density at radius 3 is 1.78 bits per heavy atom. The first-order chi connectivity index (χ1) is 24.3. The topological polar surface area (TPSA) is 142 Å². The number of hydrogen-bond acceptors (Lipinski definition) is 6. The number of aliphatic hydroxyl groups excluding tert-OH is 1. The van der Waals surface area contributed by atoms with Gasteiger partial charge in [-0.2, -0.15) is 0 Å². The number of rotatable bonds is 34. The molecule has 9 nitrogen and oxygen atoms in total. The molecule has 0 saturated heterocycles. The number of ether oxygens (including phenoxy) is 1. The van der Waals surface area contributed by atoms with Gasteiger partial charge in [0.1, 0.15) is 12.1 Å². The predicted molar refractivity (Wildman–Crippen MR) is 204 cm³/mol. The fourth-order valence-corrected chi connectivity index (χ4v) is 5.21. The average Bonchev–Trinajstić information content (AvgIpc) is 3.10. The molecular formula is C41H70N2O7. The van der Waals surface area contributed by atoms with E-state index in [1.165, 1.54) is 57.8 Å². The Kier molecular flexibility index (Phi) is 33.3. The van der Waals surface area contributed by atoms with Crippen LogP contribution in [-0.2, 0) is 23.9 Å². The molecule has 2 atom stereocenters. The molecule has 2 amide bonds. The number of allylic oxidation sites excluding steroid dienone is 7. The Labute approximate surface area is 303 Å². The zero-order valence-electron chi connectivity index (χ0n) is 31.4. The Morgan fingerprint density at radius 2 is 1.16 bits per heavy atom. The molecule has 0 rings (SSSR count). The van der Waals surface area contributed by atoms with Gasteiger partial charge in [-0.15, -0.1) is 0 Å².